The first kappa shape index (κ1) is 9.97. The third kappa shape index (κ3) is 2.08. The Morgan fingerprint density at radius 1 is 1.57 bits per heavy atom. The number of rotatable bonds is 3. The van der Waals surface area contributed by atoms with E-state index in [1.807, 2.05) is 19.1 Å². The fourth-order valence-corrected chi connectivity index (χ4v) is 1.91. The Balaban J connectivity index is 2.00. The second kappa shape index (κ2) is 3.89. The summed E-state index contributed by atoms with van der Waals surface area (Å²) in [4.78, 5) is 4.46. The van der Waals surface area contributed by atoms with Gasteiger partial charge in [0.2, 0.25) is 0 Å². The van der Waals surface area contributed by atoms with E-state index in [1.54, 1.807) is 0 Å². The Kier molecular flexibility index (Phi) is 2.77. The largest absolute Gasteiger partial charge is 0.367 e. The molecule has 0 radical (unpaired) electrons. The molecule has 0 amide bonds. The quantitative estimate of drug-likeness (QED) is 0.895. The Hall–Kier alpha value is -0.570. The van der Waals surface area contributed by atoms with Crippen LogP contribution in [0, 0.1) is 12.8 Å². The molecule has 0 spiro atoms. The van der Waals surface area contributed by atoms with Crippen molar-refractivity contribution in [1.29, 1.82) is 0 Å². The number of aryl methyl sites for hydroxylation is 1. The molecule has 0 aliphatic heterocycles. The highest BCUT2D eigenvalue weighted by molar-refractivity contribution is 9.10. The van der Waals surface area contributed by atoms with E-state index < -0.39 is 0 Å². The number of hydrogen-bond donors (Lipinski definition) is 1. The molecule has 0 saturated heterocycles. The molecular formula is C11H15BrN2. The molecule has 2 atom stereocenters. The van der Waals surface area contributed by atoms with E-state index >= 15 is 0 Å². The lowest BCUT2D eigenvalue weighted by molar-refractivity contribution is 0.773. The van der Waals surface area contributed by atoms with Gasteiger partial charge in [0.25, 0.3) is 0 Å². The summed E-state index contributed by atoms with van der Waals surface area (Å²) in [5.41, 5.74) is 1.05. The van der Waals surface area contributed by atoms with Gasteiger partial charge in [-0.2, -0.15) is 0 Å². The van der Waals surface area contributed by atoms with Crippen LogP contribution in [-0.2, 0) is 0 Å². The summed E-state index contributed by atoms with van der Waals surface area (Å²) in [5.74, 6) is 1.87. The Bertz CT molecular complexity index is 338. The third-order valence-corrected chi connectivity index (χ3v) is 3.64. The van der Waals surface area contributed by atoms with Crippen LogP contribution in [0.25, 0.3) is 0 Å². The normalized spacial score (nSPS) is 24.8. The van der Waals surface area contributed by atoms with Gasteiger partial charge in [0.1, 0.15) is 5.82 Å². The van der Waals surface area contributed by atoms with Crippen LogP contribution in [0.4, 0.5) is 5.82 Å². The summed E-state index contributed by atoms with van der Waals surface area (Å²) in [6, 6.07) is 4.74. The smallest absolute Gasteiger partial charge is 0.126 e. The van der Waals surface area contributed by atoms with Gasteiger partial charge >= 0.3 is 0 Å². The van der Waals surface area contributed by atoms with Gasteiger partial charge in [-0.15, -0.1) is 0 Å². The predicted octanol–water partition coefficient (Wildman–Crippen LogP) is 3.36. The van der Waals surface area contributed by atoms with E-state index in [0.29, 0.717) is 6.04 Å². The van der Waals surface area contributed by atoms with Crippen molar-refractivity contribution in [2.45, 2.75) is 32.7 Å². The maximum Gasteiger partial charge on any atom is 0.126 e. The maximum atomic E-state index is 4.46. The Morgan fingerprint density at radius 3 is 2.93 bits per heavy atom. The molecule has 1 saturated carbocycles. The zero-order valence-electron chi connectivity index (χ0n) is 8.55. The number of halogens is 1. The zero-order chi connectivity index (χ0) is 10.1. The van der Waals surface area contributed by atoms with Gasteiger partial charge in [0.05, 0.1) is 5.69 Å². The Labute approximate surface area is 93.3 Å². The summed E-state index contributed by atoms with van der Waals surface area (Å²) < 4.78 is 1.07. The number of aromatic nitrogens is 1. The molecule has 1 aromatic rings. The number of pyridine rings is 1. The first-order valence-corrected chi connectivity index (χ1v) is 5.89. The zero-order valence-corrected chi connectivity index (χ0v) is 10.1. The Morgan fingerprint density at radius 2 is 2.36 bits per heavy atom. The first-order chi connectivity index (χ1) is 6.70. The van der Waals surface area contributed by atoms with Gasteiger partial charge < -0.3 is 5.32 Å². The van der Waals surface area contributed by atoms with Crippen molar-refractivity contribution in [3.63, 3.8) is 0 Å². The molecule has 1 heterocycles. The summed E-state index contributed by atoms with van der Waals surface area (Å²) in [5, 5.41) is 3.45. The second-order valence-electron chi connectivity index (χ2n) is 3.92. The van der Waals surface area contributed by atoms with Crippen LogP contribution in [0.2, 0.25) is 0 Å². The van der Waals surface area contributed by atoms with Crippen LogP contribution in [-0.4, -0.2) is 11.0 Å². The monoisotopic (exact) mass is 254 g/mol. The molecule has 0 bridgehead atoms. The molecule has 1 aliphatic carbocycles. The van der Waals surface area contributed by atoms with Gasteiger partial charge in [-0.05, 0) is 47.3 Å². The fraction of sp³-hybridized carbons (Fsp3) is 0.545. The van der Waals surface area contributed by atoms with Gasteiger partial charge in [-0.3, -0.25) is 0 Å². The van der Waals surface area contributed by atoms with E-state index in [0.717, 1.165) is 21.9 Å². The van der Waals surface area contributed by atoms with E-state index in [9.17, 15) is 0 Å². The third-order valence-electron chi connectivity index (χ3n) is 2.80. The number of anilines is 1. The van der Waals surface area contributed by atoms with Crippen molar-refractivity contribution in [3.05, 3.63) is 22.3 Å². The van der Waals surface area contributed by atoms with Crippen molar-refractivity contribution in [1.82, 2.24) is 4.98 Å². The van der Waals surface area contributed by atoms with Crippen molar-refractivity contribution in [2.24, 2.45) is 5.92 Å². The lowest BCUT2D eigenvalue weighted by atomic mass is 10.3. The molecule has 2 unspecified atom stereocenters. The molecule has 1 N–H and O–H groups in total. The average molecular weight is 255 g/mol. The van der Waals surface area contributed by atoms with Crippen LogP contribution in [0.5, 0.6) is 0 Å². The average Bonchev–Trinajstić information content (AvgIpc) is 2.90. The van der Waals surface area contributed by atoms with E-state index in [4.69, 9.17) is 0 Å². The van der Waals surface area contributed by atoms with Gasteiger partial charge in [-0.1, -0.05) is 13.3 Å². The van der Waals surface area contributed by atoms with E-state index in [1.165, 1.54) is 12.8 Å². The fourth-order valence-electron chi connectivity index (χ4n) is 1.69. The molecule has 3 heteroatoms. The molecule has 2 rings (SSSR count). The number of nitrogens with zero attached hydrogens (tertiary/aromatic N) is 1. The number of hydrogen-bond acceptors (Lipinski definition) is 2. The van der Waals surface area contributed by atoms with Gasteiger partial charge in [0, 0.05) is 10.5 Å². The highest BCUT2D eigenvalue weighted by atomic mass is 79.9. The highest BCUT2D eigenvalue weighted by Gasteiger charge is 2.35. The van der Waals surface area contributed by atoms with Crippen molar-refractivity contribution in [2.75, 3.05) is 5.32 Å². The minimum atomic E-state index is 0.660. The molecule has 1 aliphatic rings. The van der Waals surface area contributed by atoms with Crippen LogP contribution in [0.3, 0.4) is 0 Å². The highest BCUT2D eigenvalue weighted by Crippen LogP contribution is 2.35. The molecule has 76 valence electrons. The summed E-state index contributed by atoms with van der Waals surface area (Å²) >= 11 is 3.45. The summed E-state index contributed by atoms with van der Waals surface area (Å²) in [6.45, 7) is 4.26. The predicted molar refractivity (Wildman–Crippen MR) is 62.5 cm³/mol. The molecule has 1 aromatic heterocycles. The SMILES string of the molecule is CCC1CC1Nc1ccc(Br)c(C)n1. The minimum absolute atomic E-state index is 0.660. The molecule has 2 nitrogen and oxygen atoms in total. The number of nitrogens with one attached hydrogen (secondary N) is 1. The van der Waals surface area contributed by atoms with Crippen molar-refractivity contribution < 1.29 is 0 Å². The summed E-state index contributed by atoms with van der Waals surface area (Å²) in [7, 11) is 0. The summed E-state index contributed by atoms with van der Waals surface area (Å²) in [6.07, 6.45) is 2.57. The standard InChI is InChI=1S/C11H15BrN2/c1-3-8-6-10(8)14-11-5-4-9(12)7(2)13-11/h4-5,8,10H,3,6H2,1-2H3,(H,13,14). The van der Waals surface area contributed by atoms with E-state index in [2.05, 4.69) is 33.2 Å². The molecular weight excluding hydrogens is 240 g/mol. The lowest BCUT2D eigenvalue weighted by Crippen LogP contribution is -2.06. The molecule has 14 heavy (non-hydrogen) atoms. The van der Waals surface area contributed by atoms with Crippen molar-refractivity contribution in [3.8, 4) is 0 Å². The minimum Gasteiger partial charge on any atom is -0.367 e. The molecule has 0 aromatic carbocycles. The van der Waals surface area contributed by atoms with E-state index in [-0.39, 0.29) is 0 Å². The lowest BCUT2D eigenvalue weighted by Gasteiger charge is -2.06. The first-order valence-electron chi connectivity index (χ1n) is 5.10. The van der Waals surface area contributed by atoms with Crippen LogP contribution >= 0.6 is 15.9 Å². The second-order valence-corrected chi connectivity index (χ2v) is 4.77. The van der Waals surface area contributed by atoms with Crippen molar-refractivity contribution >= 4 is 21.7 Å². The van der Waals surface area contributed by atoms with Crippen LogP contribution < -0.4 is 5.32 Å². The van der Waals surface area contributed by atoms with Crippen LogP contribution in [0.15, 0.2) is 16.6 Å². The molecule has 1 fully saturated rings. The van der Waals surface area contributed by atoms with Gasteiger partial charge in [0.15, 0.2) is 0 Å². The van der Waals surface area contributed by atoms with Gasteiger partial charge in [-0.25, -0.2) is 4.98 Å². The maximum absolute atomic E-state index is 4.46. The topological polar surface area (TPSA) is 24.9 Å². The van der Waals surface area contributed by atoms with Crippen LogP contribution in [0.1, 0.15) is 25.5 Å².